The van der Waals surface area contributed by atoms with Crippen molar-refractivity contribution in [3.05, 3.63) is 0 Å². The molecule has 0 N–H and O–H groups in total. The number of carbonyl (C=O) groups excluding carboxylic acids is 2. The average molecular weight is 203 g/mol. The van der Waals surface area contributed by atoms with Crippen LogP contribution in [0.1, 0.15) is 0 Å². The molecule has 0 unspecified atom stereocenters. The highest BCUT2D eigenvalue weighted by molar-refractivity contribution is 7.80. The highest BCUT2D eigenvalue weighted by Crippen LogP contribution is 1.96. The van der Waals surface area contributed by atoms with Crippen LogP contribution in [-0.2, 0) is 4.79 Å². The summed E-state index contributed by atoms with van der Waals surface area (Å²) in [6.07, 6.45) is 0.442. The summed E-state index contributed by atoms with van der Waals surface area (Å²) in [4.78, 5) is 25.4. The molecular weight excluding hydrogens is 190 g/mol. The van der Waals surface area contributed by atoms with Crippen LogP contribution in [0, 0.1) is 0 Å². The van der Waals surface area contributed by atoms with Crippen molar-refractivity contribution in [3.63, 3.8) is 0 Å². The van der Waals surface area contributed by atoms with Crippen LogP contribution in [0.5, 0.6) is 0 Å². The number of imide groups is 1. The first kappa shape index (κ1) is 11.8. The smallest absolute Gasteiger partial charge is 0.332 e. The lowest BCUT2D eigenvalue weighted by atomic mass is 10.7. The first-order chi connectivity index (χ1) is 5.91. The van der Waals surface area contributed by atoms with Gasteiger partial charge in [0.05, 0.1) is 0 Å². The van der Waals surface area contributed by atoms with Gasteiger partial charge >= 0.3 is 6.03 Å². The summed E-state index contributed by atoms with van der Waals surface area (Å²) in [5, 5.41) is 0.360. The Labute approximate surface area is 82.9 Å². The van der Waals surface area contributed by atoms with Gasteiger partial charge in [-0.1, -0.05) is 0 Å². The fourth-order valence-corrected chi connectivity index (χ4v) is 0.742. The maximum absolute atomic E-state index is 11.3. The molecule has 5 nitrogen and oxygen atoms in total. The number of amides is 3. The number of thiocarbonyl (C=S) groups is 1. The quantitative estimate of drug-likeness (QED) is 0.443. The third kappa shape index (κ3) is 2.98. The summed E-state index contributed by atoms with van der Waals surface area (Å²) in [5.41, 5.74) is 0. The molecule has 0 rings (SSSR count). The molecule has 0 aliphatic rings. The molecule has 74 valence electrons. The van der Waals surface area contributed by atoms with Gasteiger partial charge in [-0.25, -0.2) is 4.79 Å². The van der Waals surface area contributed by atoms with Gasteiger partial charge < -0.3 is 4.90 Å². The van der Waals surface area contributed by atoms with Gasteiger partial charge in [0, 0.05) is 28.2 Å². The molecule has 0 aromatic carbocycles. The highest BCUT2D eigenvalue weighted by Gasteiger charge is 2.17. The Morgan fingerprint density at radius 1 is 1.23 bits per heavy atom. The third-order valence-corrected chi connectivity index (χ3v) is 2.06. The molecule has 6 heteroatoms. The Morgan fingerprint density at radius 2 is 1.69 bits per heavy atom. The van der Waals surface area contributed by atoms with Gasteiger partial charge in [-0.3, -0.25) is 14.6 Å². The van der Waals surface area contributed by atoms with E-state index in [1.54, 1.807) is 19.0 Å². The summed E-state index contributed by atoms with van der Waals surface area (Å²) in [6.45, 7) is 0. The molecule has 0 heterocycles. The van der Waals surface area contributed by atoms with Crippen LogP contribution in [0.2, 0.25) is 0 Å². The molecule has 0 aromatic heterocycles. The summed E-state index contributed by atoms with van der Waals surface area (Å²) in [6, 6.07) is -0.450. The van der Waals surface area contributed by atoms with Gasteiger partial charge in [0.2, 0.25) is 6.41 Å². The van der Waals surface area contributed by atoms with Crippen LogP contribution in [0.15, 0.2) is 0 Å². The molecule has 3 amide bonds. The van der Waals surface area contributed by atoms with Crippen molar-refractivity contribution >= 4 is 29.8 Å². The van der Waals surface area contributed by atoms with E-state index in [4.69, 9.17) is 12.2 Å². The van der Waals surface area contributed by atoms with Crippen LogP contribution < -0.4 is 0 Å². The van der Waals surface area contributed by atoms with E-state index in [0.717, 1.165) is 4.90 Å². The van der Waals surface area contributed by atoms with Crippen LogP contribution in [0.4, 0.5) is 4.79 Å². The SMILES string of the molecule is CN(C)C(=S)N(C)C(=O)N(C)C=O. The zero-order valence-corrected chi connectivity index (χ0v) is 8.96. The number of urea groups is 1. The van der Waals surface area contributed by atoms with Gasteiger partial charge in [-0.2, -0.15) is 0 Å². The summed E-state index contributed by atoms with van der Waals surface area (Å²) in [5.74, 6) is 0. The predicted octanol–water partition coefficient (Wildman–Crippen LogP) is -0.0271. The first-order valence-corrected chi connectivity index (χ1v) is 3.99. The lowest BCUT2D eigenvalue weighted by molar-refractivity contribution is -0.114. The van der Waals surface area contributed by atoms with E-state index in [2.05, 4.69) is 0 Å². The van der Waals surface area contributed by atoms with Crippen molar-refractivity contribution in [1.82, 2.24) is 14.7 Å². The van der Waals surface area contributed by atoms with Gasteiger partial charge in [0.1, 0.15) is 0 Å². The molecule has 0 aliphatic carbocycles. The second-order valence-electron chi connectivity index (χ2n) is 2.73. The van der Waals surface area contributed by atoms with Crippen molar-refractivity contribution in [2.24, 2.45) is 0 Å². The van der Waals surface area contributed by atoms with Gasteiger partial charge in [-0.15, -0.1) is 0 Å². The Bertz CT molecular complexity index is 230. The highest BCUT2D eigenvalue weighted by atomic mass is 32.1. The first-order valence-electron chi connectivity index (χ1n) is 3.59. The molecule has 0 saturated carbocycles. The maximum atomic E-state index is 11.3. The van der Waals surface area contributed by atoms with E-state index < -0.39 is 6.03 Å². The monoisotopic (exact) mass is 203 g/mol. The number of hydrogen-bond acceptors (Lipinski definition) is 3. The number of carbonyl (C=O) groups is 2. The fraction of sp³-hybridized carbons (Fsp3) is 0.571. The van der Waals surface area contributed by atoms with Crippen molar-refractivity contribution < 1.29 is 9.59 Å². The minimum Gasteiger partial charge on any atom is -0.355 e. The van der Waals surface area contributed by atoms with E-state index in [0.29, 0.717) is 11.5 Å². The van der Waals surface area contributed by atoms with Gasteiger partial charge in [0.15, 0.2) is 5.11 Å². The van der Waals surface area contributed by atoms with E-state index in [1.807, 2.05) is 0 Å². The van der Waals surface area contributed by atoms with Crippen molar-refractivity contribution in [1.29, 1.82) is 0 Å². The Balaban J connectivity index is 4.42. The summed E-state index contributed by atoms with van der Waals surface area (Å²) >= 11 is 4.93. The standard InChI is InChI=1S/C7H13N3O2S/c1-8(2)7(13)10(4)6(12)9(3)5-11/h5H,1-4H3. The van der Waals surface area contributed by atoms with Crippen molar-refractivity contribution in [2.45, 2.75) is 0 Å². The van der Waals surface area contributed by atoms with E-state index in [9.17, 15) is 9.59 Å². The van der Waals surface area contributed by atoms with E-state index in [1.165, 1.54) is 19.0 Å². The van der Waals surface area contributed by atoms with Crippen LogP contribution in [-0.4, -0.2) is 60.4 Å². The minimum absolute atomic E-state index is 0.360. The summed E-state index contributed by atoms with van der Waals surface area (Å²) < 4.78 is 0. The average Bonchev–Trinajstić information content (AvgIpc) is 2.12. The van der Waals surface area contributed by atoms with Crippen molar-refractivity contribution in [2.75, 3.05) is 28.2 Å². The van der Waals surface area contributed by atoms with Crippen LogP contribution >= 0.6 is 12.2 Å². The van der Waals surface area contributed by atoms with Gasteiger partial charge in [0.25, 0.3) is 0 Å². The lowest BCUT2D eigenvalue weighted by Crippen LogP contribution is -2.45. The van der Waals surface area contributed by atoms with Gasteiger partial charge in [-0.05, 0) is 12.2 Å². The molecule has 0 bridgehead atoms. The second-order valence-corrected chi connectivity index (χ2v) is 3.10. The van der Waals surface area contributed by atoms with Crippen LogP contribution in [0.25, 0.3) is 0 Å². The topological polar surface area (TPSA) is 43.9 Å². The maximum Gasteiger partial charge on any atom is 0.332 e. The molecule has 13 heavy (non-hydrogen) atoms. The Kier molecular flexibility index (Phi) is 4.33. The summed E-state index contributed by atoms with van der Waals surface area (Å²) in [7, 11) is 6.36. The molecular formula is C7H13N3O2S. The second kappa shape index (κ2) is 4.76. The molecule has 0 atom stereocenters. The minimum atomic E-state index is -0.450. The Hall–Kier alpha value is -1.17. The fourth-order valence-electron chi connectivity index (χ4n) is 0.664. The number of nitrogens with zero attached hydrogens (tertiary/aromatic N) is 3. The van der Waals surface area contributed by atoms with Crippen LogP contribution in [0.3, 0.4) is 0 Å². The van der Waals surface area contributed by atoms with E-state index >= 15 is 0 Å². The lowest BCUT2D eigenvalue weighted by Gasteiger charge is -2.25. The normalized spacial score (nSPS) is 8.92. The Morgan fingerprint density at radius 3 is 2.00 bits per heavy atom. The molecule has 0 fully saturated rings. The molecule has 0 aromatic rings. The van der Waals surface area contributed by atoms with E-state index in [-0.39, 0.29) is 0 Å². The zero-order valence-electron chi connectivity index (χ0n) is 8.14. The number of rotatable bonds is 1. The molecule has 0 spiro atoms. The predicted molar refractivity (Wildman–Crippen MR) is 53.3 cm³/mol. The number of hydrogen-bond donors (Lipinski definition) is 0. The van der Waals surface area contributed by atoms with Crippen molar-refractivity contribution in [3.8, 4) is 0 Å². The third-order valence-electron chi connectivity index (χ3n) is 1.42. The zero-order chi connectivity index (χ0) is 10.6. The molecule has 0 radical (unpaired) electrons. The molecule has 0 saturated heterocycles. The molecule has 0 aliphatic heterocycles. The largest absolute Gasteiger partial charge is 0.355 e.